The SMILES string of the molecule is CN(C)Cc1ccccc1CNC(=O)NCC1(O)CCC1. The number of hydrogen-bond acceptors (Lipinski definition) is 3. The molecule has 0 atom stereocenters. The Labute approximate surface area is 126 Å². The molecule has 0 radical (unpaired) electrons. The highest BCUT2D eigenvalue weighted by Crippen LogP contribution is 2.30. The molecule has 116 valence electrons. The first-order chi connectivity index (χ1) is 9.98. The first-order valence-corrected chi connectivity index (χ1v) is 7.44. The Bertz CT molecular complexity index is 484. The third-order valence-corrected chi connectivity index (χ3v) is 3.91. The molecule has 1 aromatic rings. The van der Waals surface area contributed by atoms with E-state index in [0.717, 1.165) is 31.4 Å². The van der Waals surface area contributed by atoms with Gasteiger partial charge in [0.2, 0.25) is 0 Å². The summed E-state index contributed by atoms with van der Waals surface area (Å²) in [4.78, 5) is 13.9. The molecule has 0 saturated heterocycles. The molecule has 0 spiro atoms. The van der Waals surface area contributed by atoms with Crippen LogP contribution in [0.15, 0.2) is 24.3 Å². The van der Waals surface area contributed by atoms with Gasteiger partial charge in [0.1, 0.15) is 0 Å². The van der Waals surface area contributed by atoms with E-state index in [9.17, 15) is 9.90 Å². The zero-order chi connectivity index (χ0) is 15.3. The lowest BCUT2D eigenvalue weighted by Crippen LogP contribution is -2.50. The van der Waals surface area contributed by atoms with Gasteiger partial charge in [0, 0.05) is 19.6 Å². The molecule has 0 aliphatic heterocycles. The van der Waals surface area contributed by atoms with Gasteiger partial charge in [-0.1, -0.05) is 24.3 Å². The molecule has 0 bridgehead atoms. The first kappa shape index (κ1) is 15.8. The van der Waals surface area contributed by atoms with Crippen LogP contribution in [0.1, 0.15) is 30.4 Å². The average Bonchev–Trinajstić information content (AvgIpc) is 2.41. The number of hydrogen-bond donors (Lipinski definition) is 3. The van der Waals surface area contributed by atoms with Gasteiger partial charge in [-0.2, -0.15) is 0 Å². The standard InChI is InChI=1S/C16H25N3O2/c1-19(2)11-14-7-4-3-6-13(14)10-17-15(20)18-12-16(21)8-5-9-16/h3-4,6-7,21H,5,8-12H2,1-2H3,(H2,17,18,20). The molecule has 1 aliphatic carbocycles. The third kappa shape index (κ3) is 4.72. The van der Waals surface area contributed by atoms with Crippen molar-refractivity contribution in [2.75, 3.05) is 20.6 Å². The van der Waals surface area contributed by atoms with Crippen LogP contribution in [-0.4, -0.2) is 42.3 Å². The molecule has 0 unspecified atom stereocenters. The molecule has 3 N–H and O–H groups in total. The van der Waals surface area contributed by atoms with Crippen molar-refractivity contribution in [3.8, 4) is 0 Å². The fourth-order valence-corrected chi connectivity index (χ4v) is 2.47. The summed E-state index contributed by atoms with van der Waals surface area (Å²) >= 11 is 0. The smallest absolute Gasteiger partial charge is 0.315 e. The van der Waals surface area contributed by atoms with Crippen LogP contribution in [0, 0.1) is 0 Å². The molecule has 1 saturated carbocycles. The van der Waals surface area contributed by atoms with Crippen molar-refractivity contribution in [3.63, 3.8) is 0 Å². The molecule has 1 fully saturated rings. The zero-order valence-corrected chi connectivity index (χ0v) is 12.9. The van der Waals surface area contributed by atoms with Gasteiger partial charge in [-0.25, -0.2) is 4.79 Å². The van der Waals surface area contributed by atoms with Gasteiger partial charge in [-0.3, -0.25) is 0 Å². The Hall–Kier alpha value is -1.59. The Morgan fingerprint density at radius 2 is 1.90 bits per heavy atom. The van der Waals surface area contributed by atoms with Crippen molar-refractivity contribution in [3.05, 3.63) is 35.4 Å². The summed E-state index contributed by atoms with van der Waals surface area (Å²) in [7, 11) is 4.05. The summed E-state index contributed by atoms with van der Waals surface area (Å²) in [6.07, 6.45) is 2.59. The average molecular weight is 291 g/mol. The number of nitrogens with one attached hydrogen (secondary N) is 2. The van der Waals surface area contributed by atoms with Crippen molar-refractivity contribution < 1.29 is 9.90 Å². The van der Waals surface area contributed by atoms with Crippen molar-refractivity contribution in [2.45, 2.75) is 38.0 Å². The highest BCUT2D eigenvalue weighted by atomic mass is 16.3. The maximum absolute atomic E-state index is 11.8. The molecular formula is C16H25N3O2. The Balaban J connectivity index is 1.80. The number of carbonyl (C=O) groups is 1. The van der Waals surface area contributed by atoms with Crippen molar-refractivity contribution in [2.24, 2.45) is 0 Å². The fourth-order valence-electron chi connectivity index (χ4n) is 2.47. The predicted octanol–water partition coefficient (Wildman–Crippen LogP) is 1.46. The molecule has 2 amide bonds. The number of amides is 2. The number of urea groups is 1. The Kier molecular flexibility index (Phi) is 5.20. The maximum atomic E-state index is 11.8. The van der Waals surface area contributed by atoms with Gasteiger partial charge in [-0.15, -0.1) is 0 Å². The van der Waals surface area contributed by atoms with E-state index in [-0.39, 0.29) is 6.03 Å². The molecule has 5 heteroatoms. The second-order valence-corrected chi connectivity index (χ2v) is 6.12. The summed E-state index contributed by atoms with van der Waals surface area (Å²) in [6, 6.07) is 7.86. The van der Waals surface area contributed by atoms with E-state index in [4.69, 9.17) is 0 Å². The number of benzene rings is 1. The third-order valence-electron chi connectivity index (χ3n) is 3.91. The number of nitrogens with zero attached hydrogens (tertiary/aromatic N) is 1. The maximum Gasteiger partial charge on any atom is 0.315 e. The minimum atomic E-state index is -0.680. The number of aliphatic hydroxyl groups is 1. The predicted molar refractivity (Wildman–Crippen MR) is 82.9 cm³/mol. The monoisotopic (exact) mass is 291 g/mol. The van der Waals surface area contributed by atoms with E-state index in [1.807, 2.05) is 32.3 Å². The van der Waals surface area contributed by atoms with Crippen molar-refractivity contribution in [1.29, 1.82) is 0 Å². The van der Waals surface area contributed by atoms with Crippen LogP contribution < -0.4 is 10.6 Å². The van der Waals surface area contributed by atoms with Gasteiger partial charge < -0.3 is 20.6 Å². The van der Waals surface area contributed by atoms with Gasteiger partial charge in [-0.05, 0) is 44.5 Å². The van der Waals surface area contributed by atoms with E-state index in [1.165, 1.54) is 5.56 Å². The Morgan fingerprint density at radius 3 is 2.48 bits per heavy atom. The van der Waals surface area contributed by atoms with Gasteiger partial charge in [0.15, 0.2) is 0 Å². The van der Waals surface area contributed by atoms with E-state index in [0.29, 0.717) is 13.1 Å². The van der Waals surface area contributed by atoms with E-state index in [1.54, 1.807) is 0 Å². The summed E-state index contributed by atoms with van der Waals surface area (Å²) in [5.41, 5.74) is 1.64. The summed E-state index contributed by atoms with van der Waals surface area (Å²) in [5, 5.41) is 15.5. The molecule has 0 heterocycles. The molecular weight excluding hydrogens is 266 g/mol. The largest absolute Gasteiger partial charge is 0.388 e. The second-order valence-electron chi connectivity index (χ2n) is 6.12. The van der Waals surface area contributed by atoms with Crippen molar-refractivity contribution in [1.82, 2.24) is 15.5 Å². The molecule has 2 rings (SSSR count). The lowest BCUT2D eigenvalue weighted by Gasteiger charge is -2.36. The summed E-state index contributed by atoms with van der Waals surface area (Å²) in [6.45, 7) is 1.67. The van der Waals surface area contributed by atoms with Gasteiger partial charge >= 0.3 is 6.03 Å². The molecule has 0 aromatic heterocycles. The topological polar surface area (TPSA) is 64.6 Å². The molecule has 5 nitrogen and oxygen atoms in total. The minimum absolute atomic E-state index is 0.227. The molecule has 1 aromatic carbocycles. The van der Waals surface area contributed by atoms with Crippen molar-refractivity contribution >= 4 is 6.03 Å². The highest BCUT2D eigenvalue weighted by molar-refractivity contribution is 5.74. The second kappa shape index (κ2) is 6.91. The van der Waals surface area contributed by atoms with Crippen LogP contribution in [0.25, 0.3) is 0 Å². The normalized spacial score (nSPS) is 16.4. The van der Waals surface area contributed by atoms with Crippen LogP contribution in [0.5, 0.6) is 0 Å². The first-order valence-electron chi connectivity index (χ1n) is 7.44. The zero-order valence-electron chi connectivity index (χ0n) is 12.9. The summed E-state index contributed by atoms with van der Waals surface area (Å²) in [5.74, 6) is 0. The Morgan fingerprint density at radius 1 is 1.24 bits per heavy atom. The van der Waals surface area contributed by atoms with Crippen LogP contribution in [0.4, 0.5) is 4.79 Å². The number of rotatable bonds is 6. The highest BCUT2D eigenvalue weighted by Gasteiger charge is 2.34. The minimum Gasteiger partial charge on any atom is -0.388 e. The van der Waals surface area contributed by atoms with Crippen LogP contribution in [0.2, 0.25) is 0 Å². The lowest BCUT2D eigenvalue weighted by molar-refractivity contribution is -0.0290. The molecule has 21 heavy (non-hydrogen) atoms. The number of carbonyl (C=O) groups excluding carboxylic acids is 1. The van der Waals surface area contributed by atoms with E-state index in [2.05, 4.69) is 21.6 Å². The van der Waals surface area contributed by atoms with Gasteiger partial charge in [0.25, 0.3) is 0 Å². The lowest BCUT2D eigenvalue weighted by atomic mass is 9.80. The van der Waals surface area contributed by atoms with Gasteiger partial charge in [0.05, 0.1) is 5.60 Å². The summed E-state index contributed by atoms with van der Waals surface area (Å²) < 4.78 is 0. The fraction of sp³-hybridized carbons (Fsp3) is 0.562. The van der Waals surface area contributed by atoms with Crippen LogP contribution >= 0.6 is 0 Å². The quantitative estimate of drug-likeness (QED) is 0.743. The van der Waals surface area contributed by atoms with E-state index >= 15 is 0 Å². The van der Waals surface area contributed by atoms with Crippen LogP contribution in [-0.2, 0) is 13.1 Å². The van der Waals surface area contributed by atoms with Crippen LogP contribution in [0.3, 0.4) is 0 Å². The molecule has 1 aliphatic rings. The van der Waals surface area contributed by atoms with E-state index < -0.39 is 5.60 Å².